The van der Waals surface area contributed by atoms with Gasteiger partial charge in [-0.2, -0.15) is 0 Å². The molecule has 8 heteroatoms. The number of azide groups is 1. The number of aliphatic hydroxyl groups is 1. The van der Waals surface area contributed by atoms with E-state index in [0.29, 0.717) is 18.4 Å². The van der Waals surface area contributed by atoms with Gasteiger partial charge in [0, 0.05) is 35.4 Å². The van der Waals surface area contributed by atoms with Gasteiger partial charge in [0.25, 0.3) is 5.56 Å². The van der Waals surface area contributed by atoms with E-state index in [-0.39, 0.29) is 24.6 Å². The molecule has 1 saturated carbocycles. The summed E-state index contributed by atoms with van der Waals surface area (Å²) in [5.41, 5.74) is 8.07. The van der Waals surface area contributed by atoms with Crippen LogP contribution in [-0.2, 0) is 0 Å². The number of rotatable bonds is 3. The van der Waals surface area contributed by atoms with Gasteiger partial charge in [-0.25, -0.2) is 4.79 Å². The first-order chi connectivity index (χ1) is 9.06. The van der Waals surface area contributed by atoms with Gasteiger partial charge in [-0.3, -0.25) is 14.3 Å². The quantitative estimate of drug-likeness (QED) is 0.468. The van der Waals surface area contributed by atoms with Gasteiger partial charge in [-0.15, -0.1) is 0 Å². The van der Waals surface area contributed by atoms with Gasteiger partial charge >= 0.3 is 5.69 Å². The summed E-state index contributed by atoms with van der Waals surface area (Å²) in [6.45, 7) is 1.54. The Morgan fingerprint density at radius 3 is 2.95 bits per heavy atom. The maximum absolute atomic E-state index is 11.8. The zero-order valence-corrected chi connectivity index (χ0v) is 10.5. The standard InChI is InChI=1S/C11H15N5O3/c1-6-4-16(11(19)13-10(6)18)8-2-7(5-17)9(3-8)14-15-12/h4,7-9,17H,2-3,5H2,1H3,(H,13,18,19)/t7-,8-,9+/m1/s1. The highest BCUT2D eigenvalue weighted by Crippen LogP contribution is 2.35. The van der Waals surface area contributed by atoms with Gasteiger partial charge in [0.15, 0.2) is 0 Å². The number of nitrogens with one attached hydrogen (secondary N) is 1. The minimum atomic E-state index is -0.473. The van der Waals surface area contributed by atoms with Gasteiger partial charge in [0.05, 0.1) is 0 Å². The van der Waals surface area contributed by atoms with E-state index >= 15 is 0 Å². The summed E-state index contributed by atoms with van der Waals surface area (Å²) in [7, 11) is 0. The number of hydrogen-bond acceptors (Lipinski definition) is 4. The SMILES string of the molecule is Cc1cn([C@@H]2C[C@H](CO)[C@@H](N=[N+]=[N-])C2)c(=O)[nH]c1=O. The Hall–Kier alpha value is -2.05. The lowest BCUT2D eigenvalue weighted by atomic mass is 10.1. The third kappa shape index (κ3) is 2.54. The summed E-state index contributed by atoms with van der Waals surface area (Å²) in [5, 5.41) is 12.9. The van der Waals surface area contributed by atoms with E-state index in [9.17, 15) is 14.7 Å². The second-order valence-corrected chi connectivity index (χ2v) is 4.82. The van der Waals surface area contributed by atoms with E-state index in [1.165, 1.54) is 10.8 Å². The summed E-state index contributed by atoms with van der Waals surface area (Å²) in [4.78, 5) is 28.1. The van der Waals surface area contributed by atoms with Crippen molar-refractivity contribution in [3.63, 3.8) is 0 Å². The molecule has 0 amide bonds. The Morgan fingerprint density at radius 1 is 1.58 bits per heavy atom. The van der Waals surface area contributed by atoms with E-state index in [1.807, 2.05) is 0 Å². The first kappa shape index (κ1) is 13.4. The van der Waals surface area contributed by atoms with Gasteiger partial charge in [-0.1, -0.05) is 5.11 Å². The molecule has 3 atom stereocenters. The van der Waals surface area contributed by atoms with Crippen molar-refractivity contribution in [2.75, 3.05) is 6.61 Å². The zero-order valence-electron chi connectivity index (χ0n) is 10.5. The van der Waals surface area contributed by atoms with Crippen molar-refractivity contribution in [1.82, 2.24) is 9.55 Å². The molecule has 0 unspecified atom stereocenters. The molecular weight excluding hydrogens is 250 g/mol. The highest BCUT2D eigenvalue weighted by molar-refractivity contribution is 5.03. The zero-order chi connectivity index (χ0) is 14.0. The van der Waals surface area contributed by atoms with Crippen LogP contribution in [0.1, 0.15) is 24.4 Å². The van der Waals surface area contributed by atoms with Crippen LogP contribution in [0.2, 0.25) is 0 Å². The van der Waals surface area contributed by atoms with E-state index in [1.54, 1.807) is 6.92 Å². The molecule has 1 aromatic heterocycles. The summed E-state index contributed by atoms with van der Waals surface area (Å²) >= 11 is 0. The fourth-order valence-electron chi connectivity index (χ4n) is 2.56. The average Bonchev–Trinajstić information content (AvgIpc) is 2.77. The molecule has 2 N–H and O–H groups in total. The molecule has 19 heavy (non-hydrogen) atoms. The number of aryl methyl sites for hydroxylation is 1. The van der Waals surface area contributed by atoms with Gasteiger partial charge in [-0.05, 0) is 31.2 Å². The van der Waals surface area contributed by atoms with Crippen LogP contribution in [0, 0.1) is 12.8 Å². The molecule has 0 radical (unpaired) electrons. The highest BCUT2D eigenvalue weighted by atomic mass is 16.3. The molecular formula is C11H15N5O3. The summed E-state index contributed by atoms with van der Waals surface area (Å²) in [6, 6.07) is -0.491. The number of hydrogen-bond donors (Lipinski definition) is 2. The van der Waals surface area contributed by atoms with E-state index < -0.39 is 11.2 Å². The molecule has 0 aliphatic heterocycles. The van der Waals surface area contributed by atoms with Crippen LogP contribution in [0.15, 0.2) is 20.9 Å². The topological polar surface area (TPSA) is 124 Å². The van der Waals surface area contributed by atoms with Gasteiger partial charge in [0.1, 0.15) is 0 Å². The van der Waals surface area contributed by atoms with Crippen molar-refractivity contribution in [2.45, 2.75) is 31.8 Å². The van der Waals surface area contributed by atoms with Crippen LogP contribution in [-0.4, -0.2) is 27.3 Å². The van der Waals surface area contributed by atoms with Crippen molar-refractivity contribution in [1.29, 1.82) is 0 Å². The molecule has 0 spiro atoms. The maximum Gasteiger partial charge on any atom is 0.328 e. The second kappa shape index (κ2) is 5.29. The van der Waals surface area contributed by atoms with E-state index in [0.717, 1.165) is 0 Å². The molecule has 0 bridgehead atoms. The predicted octanol–water partition coefficient (Wildman–Crippen LogP) is 0.467. The number of aromatic amines is 1. The van der Waals surface area contributed by atoms with Crippen molar-refractivity contribution in [3.8, 4) is 0 Å². The van der Waals surface area contributed by atoms with E-state index in [2.05, 4.69) is 15.0 Å². The van der Waals surface area contributed by atoms with Crippen LogP contribution in [0.25, 0.3) is 10.4 Å². The molecule has 2 rings (SSSR count). The highest BCUT2D eigenvalue weighted by Gasteiger charge is 2.34. The smallest absolute Gasteiger partial charge is 0.328 e. The number of H-pyrrole nitrogens is 1. The molecule has 1 aliphatic carbocycles. The number of aliphatic hydroxyl groups excluding tert-OH is 1. The largest absolute Gasteiger partial charge is 0.396 e. The minimum absolute atomic E-state index is 0.0860. The van der Waals surface area contributed by atoms with Gasteiger partial charge < -0.3 is 5.11 Å². The Kier molecular flexibility index (Phi) is 3.73. The number of nitrogens with zero attached hydrogens (tertiary/aromatic N) is 4. The lowest BCUT2D eigenvalue weighted by Crippen LogP contribution is -2.32. The summed E-state index contributed by atoms with van der Waals surface area (Å²) in [6.07, 6.45) is 2.55. The molecule has 102 valence electrons. The molecule has 8 nitrogen and oxygen atoms in total. The minimum Gasteiger partial charge on any atom is -0.396 e. The molecule has 0 saturated heterocycles. The predicted molar refractivity (Wildman–Crippen MR) is 67.8 cm³/mol. The third-order valence-corrected chi connectivity index (χ3v) is 3.61. The lowest BCUT2D eigenvalue weighted by Gasteiger charge is -2.13. The maximum atomic E-state index is 11.8. The molecule has 1 aliphatic rings. The summed E-state index contributed by atoms with van der Waals surface area (Å²) < 4.78 is 1.45. The van der Waals surface area contributed by atoms with Crippen LogP contribution in [0.3, 0.4) is 0 Å². The fourth-order valence-corrected chi connectivity index (χ4v) is 2.56. The lowest BCUT2D eigenvalue weighted by molar-refractivity contribution is 0.215. The second-order valence-electron chi connectivity index (χ2n) is 4.82. The van der Waals surface area contributed by atoms with Crippen molar-refractivity contribution in [2.24, 2.45) is 11.0 Å². The van der Waals surface area contributed by atoms with Crippen molar-refractivity contribution >= 4 is 0 Å². The third-order valence-electron chi connectivity index (χ3n) is 3.61. The average molecular weight is 265 g/mol. The van der Waals surface area contributed by atoms with E-state index in [4.69, 9.17) is 5.53 Å². The van der Waals surface area contributed by atoms with Crippen molar-refractivity contribution in [3.05, 3.63) is 43.0 Å². The van der Waals surface area contributed by atoms with Crippen LogP contribution in [0.4, 0.5) is 0 Å². The fraction of sp³-hybridized carbons (Fsp3) is 0.636. The Bertz CT molecular complexity index is 628. The van der Waals surface area contributed by atoms with Crippen molar-refractivity contribution < 1.29 is 5.11 Å². The van der Waals surface area contributed by atoms with Crippen LogP contribution < -0.4 is 11.2 Å². The first-order valence-electron chi connectivity index (χ1n) is 6.04. The molecule has 1 aromatic rings. The Morgan fingerprint density at radius 2 is 2.32 bits per heavy atom. The Labute approximate surface area is 108 Å². The molecule has 1 heterocycles. The monoisotopic (exact) mass is 265 g/mol. The first-order valence-corrected chi connectivity index (χ1v) is 6.04. The normalized spacial score (nSPS) is 26.1. The van der Waals surface area contributed by atoms with Gasteiger partial charge in [0.2, 0.25) is 0 Å². The molecule has 0 aromatic carbocycles. The Balaban J connectivity index is 2.34. The molecule has 1 fully saturated rings. The van der Waals surface area contributed by atoms with Crippen LogP contribution in [0.5, 0.6) is 0 Å². The number of aromatic nitrogens is 2. The van der Waals surface area contributed by atoms with Crippen LogP contribution >= 0.6 is 0 Å². The summed E-state index contributed by atoms with van der Waals surface area (Å²) in [5.74, 6) is -0.153.